The molecule has 0 aliphatic rings. The molecule has 0 bridgehead atoms. The summed E-state index contributed by atoms with van der Waals surface area (Å²) in [5.74, 6) is 0.0560. The number of hydrogen-bond acceptors (Lipinski definition) is 7. The molecule has 0 saturated carbocycles. The summed E-state index contributed by atoms with van der Waals surface area (Å²) in [5.41, 5.74) is 1.82. The number of aryl methyl sites for hydroxylation is 1. The normalized spacial score (nSPS) is 10.8. The molecule has 0 atom stereocenters. The van der Waals surface area contributed by atoms with Crippen LogP contribution in [-0.4, -0.2) is 21.1 Å². The van der Waals surface area contributed by atoms with Crippen molar-refractivity contribution in [3.8, 4) is 0 Å². The van der Waals surface area contributed by atoms with Gasteiger partial charge >= 0.3 is 0 Å². The minimum absolute atomic E-state index is 0.279. The first-order chi connectivity index (χ1) is 11.6. The van der Waals surface area contributed by atoms with Crippen molar-refractivity contribution in [2.24, 2.45) is 0 Å². The summed E-state index contributed by atoms with van der Waals surface area (Å²) in [7, 11) is 0. The Morgan fingerprint density at radius 2 is 2.08 bits per heavy atom. The van der Waals surface area contributed by atoms with Gasteiger partial charge in [-0.05, 0) is 24.6 Å². The lowest BCUT2D eigenvalue weighted by molar-refractivity contribution is 0.0950. The van der Waals surface area contributed by atoms with Crippen LogP contribution < -0.4 is 5.32 Å². The number of halogens is 1. The van der Waals surface area contributed by atoms with Crippen LogP contribution in [0.3, 0.4) is 0 Å². The molecule has 1 amide bonds. The van der Waals surface area contributed by atoms with Gasteiger partial charge in [0.1, 0.15) is 10.8 Å². The Kier molecular flexibility index (Phi) is 5.54. The van der Waals surface area contributed by atoms with Crippen molar-refractivity contribution in [2.75, 3.05) is 0 Å². The zero-order valence-corrected chi connectivity index (χ0v) is 15.1. The van der Waals surface area contributed by atoms with Crippen LogP contribution in [0.15, 0.2) is 34.0 Å². The van der Waals surface area contributed by atoms with E-state index in [0.717, 1.165) is 20.6 Å². The lowest BCUT2D eigenvalue weighted by Gasteiger charge is -2.02. The van der Waals surface area contributed by atoms with Crippen LogP contribution in [0.25, 0.3) is 0 Å². The second-order valence-electron chi connectivity index (χ2n) is 4.85. The molecule has 24 heavy (non-hydrogen) atoms. The van der Waals surface area contributed by atoms with Crippen molar-refractivity contribution in [1.82, 2.24) is 20.5 Å². The van der Waals surface area contributed by atoms with Gasteiger partial charge in [0.2, 0.25) is 5.01 Å². The number of hydrogen-bond donors (Lipinski definition) is 1. The third-order valence-corrected chi connectivity index (χ3v) is 6.20. The number of benzene rings is 1. The molecule has 3 rings (SSSR count). The molecule has 0 unspecified atom stereocenters. The number of aromatic nitrogens is 3. The van der Waals surface area contributed by atoms with E-state index in [4.69, 9.17) is 0 Å². The minimum Gasteiger partial charge on any atom is -0.346 e. The highest BCUT2D eigenvalue weighted by atomic mass is 32.2. The molecule has 0 saturated heterocycles. The van der Waals surface area contributed by atoms with E-state index in [0.29, 0.717) is 17.3 Å². The first-order valence-corrected chi connectivity index (χ1v) is 9.68. The lowest BCUT2D eigenvalue weighted by atomic mass is 10.2. The third kappa shape index (κ3) is 4.59. The van der Waals surface area contributed by atoms with Gasteiger partial charge in [-0.2, -0.15) is 0 Å². The first-order valence-electron chi connectivity index (χ1n) is 7.00. The van der Waals surface area contributed by atoms with Crippen LogP contribution in [0, 0.1) is 12.7 Å². The van der Waals surface area contributed by atoms with Crippen LogP contribution in [0.4, 0.5) is 4.39 Å². The highest BCUT2D eigenvalue weighted by Crippen LogP contribution is 2.27. The molecule has 0 spiro atoms. The summed E-state index contributed by atoms with van der Waals surface area (Å²) in [4.78, 5) is 16.5. The summed E-state index contributed by atoms with van der Waals surface area (Å²) in [6.07, 6.45) is 0. The van der Waals surface area contributed by atoms with Gasteiger partial charge in [0.25, 0.3) is 5.91 Å². The lowest BCUT2D eigenvalue weighted by Crippen LogP contribution is -2.22. The van der Waals surface area contributed by atoms with E-state index >= 15 is 0 Å². The molecule has 9 heteroatoms. The molecule has 2 heterocycles. The van der Waals surface area contributed by atoms with Gasteiger partial charge in [-0.3, -0.25) is 4.79 Å². The molecule has 0 aliphatic carbocycles. The van der Waals surface area contributed by atoms with Gasteiger partial charge in [-0.1, -0.05) is 35.2 Å². The van der Waals surface area contributed by atoms with Crippen molar-refractivity contribution >= 4 is 40.3 Å². The standard InChI is InChI=1S/C15H13FN4OS3/c1-9-7-22-15(18-9)23-8-12-19-20-14(24-12)13(21)17-6-10-2-4-11(16)5-3-10/h2-5,7H,6,8H2,1H3,(H,17,21). The Balaban J connectivity index is 1.52. The molecular formula is C15H13FN4OS3. The number of amides is 1. The number of nitrogens with one attached hydrogen (secondary N) is 1. The molecule has 3 aromatic rings. The second kappa shape index (κ2) is 7.82. The van der Waals surface area contributed by atoms with Crippen molar-refractivity contribution in [1.29, 1.82) is 0 Å². The number of carbonyl (C=O) groups excluding carboxylic acids is 1. The van der Waals surface area contributed by atoms with Crippen molar-refractivity contribution in [3.05, 3.63) is 56.7 Å². The fourth-order valence-corrected chi connectivity index (χ4v) is 4.38. The molecule has 5 nitrogen and oxygen atoms in total. The Bertz CT molecular complexity index is 831. The molecule has 1 N–H and O–H groups in total. The average Bonchev–Trinajstić information content (AvgIpc) is 3.21. The molecule has 124 valence electrons. The quantitative estimate of drug-likeness (QED) is 0.661. The number of rotatable bonds is 6. The summed E-state index contributed by atoms with van der Waals surface area (Å²) >= 11 is 4.44. The Labute approximate surface area is 150 Å². The maximum Gasteiger partial charge on any atom is 0.282 e. The monoisotopic (exact) mass is 380 g/mol. The highest BCUT2D eigenvalue weighted by Gasteiger charge is 2.13. The smallest absolute Gasteiger partial charge is 0.282 e. The predicted molar refractivity (Wildman–Crippen MR) is 93.9 cm³/mol. The van der Waals surface area contributed by atoms with E-state index in [-0.39, 0.29) is 11.7 Å². The Morgan fingerprint density at radius 1 is 1.29 bits per heavy atom. The van der Waals surface area contributed by atoms with E-state index in [1.54, 1.807) is 35.2 Å². The average molecular weight is 380 g/mol. The summed E-state index contributed by atoms with van der Waals surface area (Å²) in [6, 6.07) is 5.99. The summed E-state index contributed by atoms with van der Waals surface area (Å²) in [6.45, 7) is 2.27. The molecular weight excluding hydrogens is 367 g/mol. The maximum atomic E-state index is 12.8. The largest absolute Gasteiger partial charge is 0.346 e. The van der Waals surface area contributed by atoms with E-state index in [2.05, 4.69) is 20.5 Å². The van der Waals surface area contributed by atoms with Crippen LogP contribution in [0.1, 0.15) is 26.1 Å². The number of thiazole rings is 1. The summed E-state index contributed by atoms with van der Waals surface area (Å²) in [5, 5.41) is 13.8. The third-order valence-electron chi connectivity index (χ3n) is 2.94. The number of nitrogens with zero attached hydrogens (tertiary/aromatic N) is 3. The van der Waals surface area contributed by atoms with Gasteiger partial charge in [-0.15, -0.1) is 21.5 Å². The van der Waals surface area contributed by atoms with Gasteiger partial charge in [-0.25, -0.2) is 9.37 Å². The maximum absolute atomic E-state index is 12.8. The molecule has 2 aromatic heterocycles. The number of thioether (sulfide) groups is 1. The molecule has 1 aromatic carbocycles. The Hall–Kier alpha value is -1.84. The first kappa shape index (κ1) is 17.0. The zero-order valence-electron chi connectivity index (χ0n) is 12.7. The Morgan fingerprint density at radius 3 is 2.79 bits per heavy atom. The van der Waals surface area contributed by atoms with Gasteiger partial charge < -0.3 is 5.32 Å². The van der Waals surface area contributed by atoms with Crippen LogP contribution in [0.2, 0.25) is 0 Å². The van der Waals surface area contributed by atoms with E-state index < -0.39 is 0 Å². The van der Waals surface area contributed by atoms with Crippen LogP contribution in [0.5, 0.6) is 0 Å². The summed E-state index contributed by atoms with van der Waals surface area (Å²) < 4.78 is 13.8. The second-order valence-corrected chi connectivity index (χ2v) is 8.00. The van der Waals surface area contributed by atoms with Gasteiger partial charge in [0.15, 0.2) is 4.34 Å². The SMILES string of the molecule is Cc1csc(SCc2nnc(C(=O)NCc3ccc(F)cc3)s2)n1. The number of carbonyl (C=O) groups is 1. The van der Waals surface area contributed by atoms with E-state index in [1.807, 2.05) is 12.3 Å². The van der Waals surface area contributed by atoms with Crippen LogP contribution in [-0.2, 0) is 12.3 Å². The van der Waals surface area contributed by atoms with Crippen molar-refractivity contribution in [2.45, 2.75) is 23.6 Å². The fourth-order valence-electron chi connectivity index (χ4n) is 1.79. The molecule has 0 fully saturated rings. The minimum atomic E-state index is -0.299. The molecule has 0 radical (unpaired) electrons. The van der Waals surface area contributed by atoms with Crippen molar-refractivity contribution < 1.29 is 9.18 Å². The van der Waals surface area contributed by atoms with Gasteiger partial charge in [0.05, 0.1) is 5.75 Å². The van der Waals surface area contributed by atoms with Crippen molar-refractivity contribution in [3.63, 3.8) is 0 Å². The fraction of sp³-hybridized carbons (Fsp3) is 0.200. The zero-order chi connectivity index (χ0) is 16.9. The van der Waals surface area contributed by atoms with Gasteiger partial charge in [0, 0.05) is 17.6 Å². The highest BCUT2D eigenvalue weighted by molar-refractivity contribution is 8.00. The van der Waals surface area contributed by atoms with E-state index in [9.17, 15) is 9.18 Å². The van der Waals surface area contributed by atoms with E-state index in [1.165, 1.54) is 23.5 Å². The topological polar surface area (TPSA) is 67.8 Å². The molecule has 0 aliphatic heterocycles. The predicted octanol–water partition coefficient (Wildman–Crippen LogP) is 3.66. The van der Waals surface area contributed by atoms with Crippen LogP contribution >= 0.6 is 34.4 Å².